The second-order valence-corrected chi connectivity index (χ2v) is 5.92. The highest BCUT2D eigenvalue weighted by atomic mass is 32.1. The van der Waals surface area contributed by atoms with E-state index in [1.165, 1.54) is 11.1 Å². The van der Waals surface area contributed by atoms with Crippen LogP contribution in [0.25, 0.3) is 0 Å². The number of carbonyl (C=O) groups excluding carboxylic acids is 1. The predicted molar refractivity (Wildman–Crippen MR) is 85.4 cm³/mol. The summed E-state index contributed by atoms with van der Waals surface area (Å²) in [4.78, 5) is 13.7. The van der Waals surface area contributed by atoms with Crippen LogP contribution in [0.4, 0.5) is 5.69 Å². The van der Waals surface area contributed by atoms with Crippen LogP contribution in [0.2, 0.25) is 0 Å². The second-order valence-electron chi connectivity index (χ2n) is 5.19. The molecule has 102 valence electrons. The lowest BCUT2D eigenvalue weighted by Gasteiger charge is -2.16. The predicted octanol–water partition coefficient (Wildman–Crippen LogP) is 3.31. The SMILES string of the molecule is O=C1CC(S)CN1c1ccc(Cc2ccccc2)cc1. The van der Waals surface area contributed by atoms with Gasteiger partial charge in [-0.15, -0.1) is 0 Å². The lowest BCUT2D eigenvalue weighted by molar-refractivity contribution is -0.117. The van der Waals surface area contributed by atoms with Crippen molar-refractivity contribution in [2.75, 3.05) is 11.4 Å². The van der Waals surface area contributed by atoms with Gasteiger partial charge in [0, 0.05) is 23.9 Å². The van der Waals surface area contributed by atoms with Gasteiger partial charge in [0.25, 0.3) is 0 Å². The molecule has 0 aromatic heterocycles. The van der Waals surface area contributed by atoms with E-state index in [0.717, 1.165) is 12.1 Å². The van der Waals surface area contributed by atoms with E-state index in [-0.39, 0.29) is 11.2 Å². The van der Waals surface area contributed by atoms with Gasteiger partial charge >= 0.3 is 0 Å². The minimum Gasteiger partial charge on any atom is -0.311 e. The van der Waals surface area contributed by atoms with Gasteiger partial charge in [-0.1, -0.05) is 42.5 Å². The fourth-order valence-electron chi connectivity index (χ4n) is 2.56. The maximum atomic E-state index is 11.8. The molecule has 1 aliphatic heterocycles. The van der Waals surface area contributed by atoms with Crippen molar-refractivity contribution in [3.8, 4) is 0 Å². The zero-order valence-corrected chi connectivity index (χ0v) is 12.1. The van der Waals surface area contributed by atoms with Crippen LogP contribution in [0, 0.1) is 0 Å². The first-order valence-electron chi connectivity index (χ1n) is 6.83. The fraction of sp³-hybridized carbons (Fsp3) is 0.235. The molecule has 0 radical (unpaired) electrons. The standard InChI is InChI=1S/C17H17NOS/c19-17-11-16(20)12-18(17)15-8-6-14(7-9-15)10-13-4-2-1-3-5-13/h1-9,16,20H,10-12H2. The van der Waals surface area contributed by atoms with Crippen LogP contribution in [0.1, 0.15) is 17.5 Å². The summed E-state index contributed by atoms with van der Waals surface area (Å²) in [6.07, 6.45) is 1.46. The smallest absolute Gasteiger partial charge is 0.228 e. The summed E-state index contributed by atoms with van der Waals surface area (Å²) in [6, 6.07) is 18.7. The third-order valence-corrected chi connectivity index (χ3v) is 3.95. The number of hydrogen-bond donors (Lipinski definition) is 1. The van der Waals surface area contributed by atoms with E-state index < -0.39 is 0 Å². The highest BCUT2D eigenvalue weighted by Gasteiger charge is 2.27. The number of benzene rings is 2. The lowest BCUT2D eigenvalue weighted by Crippen LogP contribution is -2.24. The number of rotatable bonds is 3. The molecule has 1 saturated heterocycles. The topological polar surface area (TPSA) is 20.3 Å². The number of amides is 1. The normalized spacial score (nSPS) is 18.6. The molecule has 1 atom stereocenters. The van der Waals surface area contributed by atoms with Crippen LogP contribution in [-0.2, 0) is 11.2 Å². The molecule has 0 saturated carbocycles. The fourth-order valence-corrected chi connectivity index (χ4v) is 2.88. The van der Waals surface area contributed by atoms with Gasteiger partial charge in [0.05, 0.1) is 0 Å². The maximum Gasteiger partial charge on any atom is 0.228 e. The van der Waals surface area contributed by atoms with E-state index in [1.54, 1.807) is 0 Å². The molecule has 1 fully saturated rings. The van der Waals surface area contributed by atoms with Crippen LogP contribution in [0.3, 0.4) is 0 Å². The molecule has 0 aliphatic carbocycles. The Balaban J connectivity index is 1.73. The summed E-state index contributed by atoms with van der Waals surface area (Å²) in [7, 11) is 0. The Morgan fingerprint density at radius 1 is 1.00 bits per heavy atom. The van der Waals surface area contributed by atoms with Crippen LogP contribution < -0.4 is 4.90 Å². The van der Waals surface area contributed by atoms with Crippen LogP contribution >= 0.6 is 12.6 Å². The van der Waals surface area contributed by atoms with E-state index in [0.29, 0.717) is 13.0 Å². The van der Waals surface area contributed by atoms with E-state index in [1.807, 2.05) is 23.1 Å². The van der Waals surface area contributed by atoms with Crippen molar-refractivity contribution in [1.29, 1.82) is 0 Å². The molecule has 0 spiro atoms. The van der Waals surface area contributed by atoms with Crippen molar-refractivity contribution < 1.29 is 4.79 Å². The van der Waals surface area contributed by atoms with E-state index >= 15 is 0 Å². The highest BCUT2D eigenvalue weighted by molar-refractivity contribution is 7.81. The van der Waals surface area contributed by atoms with Gasteiger partial charge in [-0.05, 0) is 29.7 Å². The first kappa shape index (κ1) is 13.3. The minimum absolute atomic E-state index is 0.159. The van der Waals surface area contributed by atoms with Crippen LogP contribution in [0.15, 0.2) is 54.6 Å². The molecule has 2 nitrogen and oxygen atoms in total. The van der Waals surface area contributed by atoms with Crippen molar-refractivity contribution in [2.24, 2.45) is 0 Å². The summed E-state index contributed by atoms with van der Waals surface area (Å²) in [6.45, 7) is 0.708. The Bertz CT molecular complexity index is 594. The van der Waals surface area contributed by atoms with Crippen molar-refractivity contribution in [1.82, 2.24) is 0 Å². The summed E-state index contributed by atoms with van der Waals surface area (Å²) in [5.74, 6) is 0.167. The zero-order valence-electron chi connectivity index (χ0n) is 11.2. The Hall–Kier alpha value is -1.74. The molecule has 0 N–H and O–H groups in total. The Kier molecular flexibility index (Phi) is 3.79. The van der Waals surface area contributed by atoms with E-state index in [4.69, 9.17) is 0 Å². The van der Waals surface area contributed by atoms with Gasteiger partial charge in [0.15, 0.2) is 0 Å². The number of carbonyl (C=O) groups is 1. The molecular formula is C17H17NOS. The first-order valence-corrected chi connectivity index (χ1v) is 7.35. The molecule has 3 heteroatoms. The number of nitrogens with zero attached hydrogens (tertiary/aromatic N) is 1. The molecule has 1 aliphatic rings. The molecule has 1 heterocycles. The van der Waals surface area contributed by atoms with Gasteiger partial charge in [-0.2, -0.15) is 12.6 Å². The van der Waals surface area contributed by atoms with Crippen molar-refractivity contribution >= 4 is 24.2 Å². The molecule has 1 unspecified atom stereocenters. The molecule has 0 bridgehead atoms. The monoisotopic (exact) mass is 283 g/mol. The molecule has 20 heavy (non-hydrogen) atoms. The zero-order chi connectivity index (χ0) is 13.9. The lowest BCUT2D eigenvalue weighted by atomic mass is 10.0. The van der Waals surface area contributed by atoms with Gasteiger partial charge < -0.3 is 4.90 Å². The number of anilines is 1. The van der Waals surface area contributed by atoms with Crippen molar-refractivity contribution in [3.63, 3.8) is 0 Å². The summed E-state index contributed by atoms with van der Waals surface area (Å²) >= 11 is 4.39. The van der Waals surface area contributed by atoms with Crippen LogP contribution in [-0.4, -0.2) is 17.7 Å². The average molecular weight is 283 g/mol. The molecule has 3 rings (SSSR count). The molecular weight excluding hydrogens is 266 g/mol. The average Bonchev–Trinajstić information content (AvgIpc) is 2.80. The third-order valence-electron chi connectivity index (χ3n) is 3.60. The van der Waals surface area contributed by atoms with Gasteiger partial charge in [-0.3, -0.25) is 4.79 Å². The second kappa shape index (κ2) is 5.71. The third kappa shape index (κ3) is 2.88. The van der Waals surface area contributed by atoms with Gasteiger partial charge in [0.1, 0.15) is 0 Å². The summed E-state index contributed by atoms with van der Waals surface area (Å²) < 4.78 is 0. The largest absolute Gasteiger partial charge is 0.311 e. The Morgan fingerprint density at radius 3 is 2.25 bits per heavy atom. The molecule has 2 aromatic carbocycles. The van der Waals surface area contributed by atoms with E-state index in [2.05, 4.69) is 49.0 Å². The Labute approximate surface area is 124 Å². The van der Waals surface area contributed by atoms with Gasteiger partial charge in [0.2, 0.25) is 5.91 Å². The summed E-state index contributed by atoms with van der Waals surface area (Å²) in [5, 5.41) is 0.159. The van der Waals surface area contributed by atoms with Crippen molar-refractivity contribution in [3.05, 3.63) is 65.7 Å². The first-order chi connectivity index (χ1) is 9.72. The van der Waals surface area contributed by atoms with Crippen LogP contribution in [0.5, 0.6) is 0 Å². The van der Waals surface area contributed by atoms with E-state index in [9.17, 15) is 4.79 Å². The maximum absolute atomic E-state index is 11.8. The number of thiol groups is 1. The highest BCUT2D eigenvalue weighted by Crippen LogP contribution is 2.24. The van der Waals surface area contributed by atoms with Gasteiger partial charge in [-0.25, -0.2) is 0 Å². The molecule has 1 amide bonds. The number of hydrogen-bond acceptors (Lipinski definition) is 2. The molecule has 2 aromatic rings. The van der Waals surface area contributed by atoms with Crippen molar-refractivity contribution in [2.45, 2.75) is 18.1 Å². The quantitative estimate of drug-likeness (QED) is 0.857. The Morgan fingerprint density at radius 2 is 1.65 bits per heavy atom. The summed E-state index contributed by atoms with van der Waals surface area (Å²) in [5.41, 5.74) is 3.53. The minimum atomic E-state index is 0.159.